The minimum absolute atomic E-state index is 0.169. The summed E-state index contributed by atoms with van der Waals surface area (Å²) < 4.78 is 35.3. The van der Waals surface area contributed by atoms with Crippen LogP contribution in [0.4, 0.5) is 4.39 Å². The Morgan fingerprint density at radius 1 is 1.04 bits per heavy atom. The quantitative estimate of drug-likeness (QED) is 0.633. The van der Waals surface area contributed by atoms with E-state index in [4.69, 9.17) is 18.9 Å². The van der Waals surface area contributed by atoms with Gasteiger partial charge in [0, 0.05) is 31.3 Å². The molecule has 2 aromatic carbocycles. The molecule has 0 bridgehead atoms. The molecule has 2 N–H and O–H groups in total. The van der Waals surface area contributed by atoms with Crippen LogP contribution in [0.1, 0.15) is 16.7 Å². The molecule has 0 unspecified atom stereocenters. The van der Waals surface area contributed by atoms with E-state index in [0.29, 0.717) is 37.0 Å². The van der Waals surface area contributed by atoms with E-state index in [-0.39, 0.29) is 19.4 Å². The molecule has 0 spiro atoms. The summed E-state index contributed by atoms with van der Waals surface area (Å²) in [6.07, 6.45) is 0. The van der Waals surface area contributed by atoms with Gasteiger partial charge in [0.1, 0.15) is 11.6 Å². The first-order valence-corrected chi connectivity index (χ1v) is 8.58. The summed E-state index contributed by atoms with van der Waals surface area (Å²) in [5.41, 5.74) is 2.46. The van der Waals surface area contributed by atoms with Crippen molar-refractivity contribution in [3.8, 4) is 17.2 Å². The van der Waals surface area contributed by atoms with Gasteiger partial charge < -0.3 is 29.6 Å². The second kappa shape index (κ2) is 7.71. The van der Waals surface area contributed by atoms with Crippen LogP contribution in [-0.4, -0.2) is 26.6 Å². The van der Waals surface area contributed by atoms with Crippen LogP contribution in [0.25, 0.3) is 0 Å². The smallest absolute Gasteiger partial charge is 0.231 e. The Morgan fingerprint density at radius 2 is 1.89 bits per heavy atom. The second-order valence-corrected chi connectivity index (χ2v) is 6.13. The summed E-state index contributed by atoms with van der Waals surface area (Å²) in [7, 11) is 1.68. The van der Waals surface area contributed by atoms with Crippen LogP contribution in [0, 0.1) is 5.82 Å². The number of nitrogens with zero attached hydrogens (tertiary/aromatic N) is 1. The highest BCUT2D eigenvalue weighted by molar-refractivity contribution is 5.79. The predicted octanol–water partition coefficient (Wildman–Crippen LogP) is 2.29. The van der Waals surface area contributed by atoms with Crippen molar-refractivity contribution in [1.29, 1.82) is 0 Å². The van der Waals surface area contributed by atoms with Gasteiger partial charge in [0.25, 0.3) is 0 Å². The number of ether oxygens (including phenoxy) is 4. The lowest BCUT2D eigenvalue weighted by atomic mass is 10.1. The van der Waals surface area contributed by atoms with Crippen LogP contribution in [0.2, 0.25) is 0 Å². The van der Waals surface area contributed by atoms with Gasteiger partial charge in [-0.15, -0.1) is 0 Å². The Balaban J connectivity index is 1.38. The molecule has 27 heavy (non-hydrogen) atoms. The highest BCUT2D eigenvalue weighted by atomic mass is 19.1. The molecule has 0 saturated heterocycles. The van der Waals surface area contributed by atoms with Gasteiger partial charge in [-0.2, -0.15) is 0 Å². The molecule has 0 radical (unpaired) electrons. The fourth-order valence-corrected chi connectivity index (χ4v) is 3.02. The number of benzene rings is 2. The number of hydrogen-bond acceptors (Lipinski definition) is 5. The number of fused-ring (bicyclic) bond motifs is 2. The number of aliphatic imine (C=N–C) groups is 1. The van der Waals surface area contributed by atoms with Gasteiger partial charge in [0.15, 0.2) is 24.3 Å². The molecule has 0 amide bonds. The number of hydrogen-bond donors (Lipinski definition) is 2. The average Bonchev–Trinajstić information content (AvgIpc) is 3.15. The molecule has 142 valence electrons. The van der Waals surface area contributed by atoms with Crippen molar-refractivity contribution < 1.29 is 23.3 Å². The minimum atomic E-state index is -0.317. The fraction of sp³-hybridized carbons (Fsp3) is 0.316. The monoisotopic (exact) mass is 373 g/mol. The van der Waals surface area contributed by atoms with E-state index in [0.717, 1.165) is 22.6 Å². The molecule has 0 atom stereocenters. The molecular formula is C19H20FN3O4. The van der Waals surface area contributed by atoms with Crippen molar-refractivity contribution in [2.45, 2.75) is 19.7 Å². The third-order valence-electron chi connectivity index (χ3n) is 4.32. The van der Waals surface area contributed by atoms with Crippen molar-refractivity contribution in [3.05, 3.63) is 52.8 Å². The lowest BCUT2D eigenvalue weighted by Crippen LogP contribution is -2.36. The molecule has 7 nitrogen and oxygen atoms in total. The minimum Gasteiger partial charge on any atom is -0.467 e. The largest absolute Gasteiger partial charge is 0.467 e. The molecule has 4 rings (SSSR count). The molecule has 8 heteroatoms. The van der Waals surface area contributed by atoms with Crippen LogP contribution >= 0.6 is 0 Å². The summed E-state index contributed by atoms with van der Waals surface area (Å²) >= 11 is 0. The summed E-state index contributed by atoms with van der Waals surface area (Å²) in [6, 6.07) is 8.67. The fourth-order valence-electron chi connectivity index (χ4n) is 3.02. The highest BCUT2D eigenvalue weighted by Crippen LogP contribution is 2.32. The Bertz CT molecular complexity index is 872. The zero-order chi connectivity index (χ0) is 18.6. The van der Waals surface area contributed by atoms with E-state index in [1.807, 2.05) is 18.2 Å². The van der Waals surface area contributed by atoms with Gasteiger partial charge in [-0.3, -0.25) is 4.99 Å². The Hall–Kier alpha value is -3.00. The van der Waals surface area contributed by atoms with Crippen molar-refractivity contribution in [1.82, 2.24) is 10.6 Å². The van der Waals surface area contributed by atoms with E-state index < -0.39 is 0 Å². The van der Waals surface area contributed by atoms with Gasteiger partial charge in [-0.1, -0.05) is 6.07 Å². The topological polar surface area (TPSA) is 73.3 Å². The normalized spacial score (nSPS) is 15.1. The van der Waals surface area contributed by atoms with Gasteiger partial charge in [-0.05, 0) is 29.8 Å². The van der Waals surface area contributed by atoms with E-state index in [1.165, 1.54) is 12.1 Å². The number of nitrogens with one attached hydrogen (secondary N) is 2. The highest BCUT2D eigenvalue weighted by Gasteiger charge is 2.17. The first kappa shape index (κ1) is 17.4. The number of halogens is 1. The van der Waals surface area contributed by atoms with Crippen LogP contribution in [0.3, 0.4) is 0 Å². The summed E-state index contributed by atoms with van der Waals surface area (Å²) in [6.45, 7) is 1.70. The summed E-state index contributed by atoms with van der Waals surface area (Å²) in [5.74, 6) is 2.44. The number of guanidine groups is 1. The van der Waals surface area contributed by atoms with Gasteiger partial charge >= 0.3 is 0 Å². The average molecular weight is 373 g/mol. The maximum absolute atomic E-state index is 13.8. The Morgan fingerprint density at radius 3 is 2.78 bits per heavy atom. The molecule has 2 aromatic rings. The third-order valence-corrected chi connectivity index (χ3v) is 4.32. The van der Waals surface area contributed by atoms with Gasteiger partial charge in [0.2, 0.25) is 6.79 Å². The maximum atomic E-state index is 13.8. The van der Waals surface area contributed by atoms with E-state index >= 15 is 0 Å². The van der Waals surface area contributed by atoms with Crippen LogP contribution < -0.4 is 24.8 Å². The van der Waals surface area contributed by atoms with E-state index in [1.54, 1.807) is 7.05 Å². The van der Waals surface area contributed by atoms with E-state index in [9.17, 15) is 4.39 Å². The summed E-state index contributed by atoms with van der Waals surface area (Å²) in [5, 5.41) is 6.41. The summed E-state index contributed by atoms with van der Waals surface area (Å²) in [4.78, 5) is 4.20. The zero-order valence-corrected chi connectivity index (χ0v) is 14.9. The maximum Gasteiger partial charge on any atom is 0.231 e. The Labute approximate surface area is 156 Å². The molecule has 0 aromatic heterocycles. The van der Waals surface area contributed by atoms with Crippen molar-refractivity contribution in [2.75, 3.05) is 20.6 Å². The Kier molecular flexibility index (Phi) is 4.97. The molecule has 2 aliphatic heterocycles. The molecule has 0 saturated carbocycles. The SMILES string of the molecule is CN=C(NCc1ccc2c(c1)OCO2)NCc1cc(F)cc2c1OCOC2. The molecular weight excluding hydrogens is 353 g/mol. The lowest BCUT2D eigenvalue weighted by Gasteiger charge is -2.21. The van der Waals surface area contributed by atoms with Crippen molar-refractivity contribution >= 4 is 5.96 Å². The van der Waals surface area contributed by atoms with Crippen LogP contribution in [-0.2, 0) is 24.4 Å². The third kappa shape index (κ3) is 3.90. The van der Waals surface area contributed by atoms with Crippen LogP contribution in [0.5, 0.6) is 17.2 Å². The van der Waals surface area contributed by atoms with Crippen molar-refractivity contribution in [3.63, 3.8) is 0 Å². The first-order chi connectivity index (χ1) is 13.2. The van der Waals surface area contributed by atoms with Gasteiger partial charge in [0.05, 0.1) is 6.61 Å². The molecule has 0 fully saturated rings. The second-order valence-electron chi connectivity index (χ2n) is 6.13. The molecule has 2 aliphatic rings. The van der Waals surface area contributed by atoms with Crippen LogP contribution in [0.15, 0.2) is 35.3 Å². The standard InChI is InChI=1S/C19H20FN3O4/c1-21-19(22-7-12-2-3-16-17(4-12)26-11-25-16)23-8-13-5-15(20)6-14-9-24-10-27-18(13)14/h2-6H,7-11H2,1H3,(H2,21,22,23). The van der Waals surface area contributed by atoms with Crippen molar-refractivity contribution in [2.24, 2.45) is 4.99 Å². The lowest BCUT2D eigenvalue weighted by molar-refractivity contribution is -0.0172. The number of rotatable bonds is 4. The van der Waals surface area contributed by atoms with E-state index in [2.05, 4.69) is 15.6 Å². The molecule has 2 heterocycles. The molecule has 0 aliphatic carbocycles. The first-order valence-electron chi connectivity index (χ1n) is 8.58. The zero-order valence-electron chi connectivity index (χ0n) is 14.9. The van der Waals surface area contributed by atoms with Gasteiger partial charge in [-0.25, -0.2) is 4.39 Å². The predicted molar refractivity (Wildman–Crippen MR) is 96.3 cm³/mol.